The Kier molecular flexibility index (Phi) is 5.06. The van der Waals surface area contributed by atoms with Crippen LogP contribution in [0.1, 0.15) is 41.0 Å². The topological polar surface area (TPSA) is 43.6 Å². The molecule has 0 aliphatic carbocycles. The van der Waals surface area contributed by atoms with Crippen LogP contribution in [0, 0.1) is 5.41 Å². The van der Waals surface area contributed by atoms with E-state index in [9.17, 15) is 4.79 Å². The van der Waals surface area contributed by atoms with Crippen molar-refractivity contribution in [3.63, 3.8) is 0 Å². The molecule has 0 saturated carbocycles. The summed E-state index contributed by atoms with van der Waals surface area (Å²) in [6, 6.07) is 6.00. The highest BCUT2D eigenvalue weighted by Crippen LogP contribution is 2.28. The maximum atomic E-state index is 12.3. The summed E-state index contributed by atoms with van der Waals surface area (Å²) in [5.74, 6) is 0.760. The summed E-state index contributed by atoms with van der Waals surface area (Å²) >= 11 is 1.54. The minimum Gasteiger partial charge on any atom is -0.492 e. The van der Waals surface area contributed by atoms with Crippen molar-refractivity contribution in [3.8, 4) is 5.75 Å². The van der Waals surface area contributed by atoms with Gasteiger partial charge in [-0.25, -0.2) is 0 Å². The molecule has 1 aromatic heterocycles. The quantitative estimate of drug-likeness (QED) is 0.855. The molecule has 2 aromatic rings. The molecule has 120 valence electrons. The third kappa shape index (κ3) is 3.40. The van der Waals surface area contributed by atoms with E-state index in [1.807, 2.05) is 39.8 Å². The number of carbonyl (C=O) groups excluding carboxylic acids is 1. The number of thiazole rings is 1. The number of rotatable bonds is 4. The predicted molar refractivity (Wildman–Crippen MR) is 91.3 cm³/mol. The molecule has 0 bridgehead atoms. The van der Waals surface area contributed by atoms with Crippen molar-refractivity contribution in [3.05, 3.63) is 23.0 Å². The van der Waals surface area contributed by atoms with Crippen LogP contribution in [-0.2, 0) is 11.3 Å². The molecule has 0 saturated heterocycles. The van der Waals surface area contributed by atoms with Crippen molar-refractivity contribution in [2.24, 2.45) is 10.4 Å². The molecule has 0 fully saturated rings. The highest BCUT2D eigenvalue weighted by Gasteiger charge is 2.21. The van der Waals surface area contributed by atoms with E-state index in [0.29, 0.717) is 6.61 Å². The number of aromatic nitrogens is 1. The van der Waals surface area contributed by atoms with Crippen LogP contribution in [0.5, 0.6) is 5.75 Å². The number of carbonyl (C=O) groups is 1. The normalized spacial score (nSPS) is 12.9. The smallest absolute Gasteiger partial charge is 0.253 e. The average molecular weight is 320 g/mol. The van der Waals surface area contributed by atoms with Gasteiger partial charge < -0.3 is 9.30 Å². The molecule has 0 aliphatic heterocycles. The Morgan fingerprint density at radius 2 is 2.05 bits per heavy atom. The summed E-state index contributed by atoms with van der Waals surface area (Å²) in [6.45, 7) is 11.2. The van der Waals surface area contributed by atoms with E-state index in [0.717, 1.165) is 33.7 Å². The fourth-order valence-corrected chi connectivity index (χ4v) is 3.21. The second kappa shape index (κ2) is 6.65. The Balaban J connectivity index is 2.70. The lowest BCUT2D eigenvalue weighted by Crippen LogP contribution is -2.23. The van der Waals surface area contributed by atoms with E-state index >= 15 is 0 Å². The van der Waals surface area contributed by atoms with Crippen LogP contribution in [0.15, 0.2) is 23.2 Å². The van der Waals surface area contributed by atoms with Crippen LogP contribution >= 0.6 is 11.3 Å². The van der Waals surface area contributed by atoms with E-state index in [-0.39, 0.29) is 5.91 Å². The number of hydrogen-bond donors (Lipinski definition) is 0. The number of fused-ring (bicyclic) bond motifs is 1. The summed E-state index contributed by atoms with van der Waals surface area (Å²) in [4.78, 5) is 17.4. The first kappa shape index (κ1) is 16.7. The zero-order valence-corrected chi connectivity index (χ0v) is 14.8. The molecule has 1 aromatic carbocycles. The van der Waals surface area contributed by atoms with Gasteiger partial charge in [-0.15, -0.1) is 0 Å². The zero-order valence-electron chi connectivity index (χ0n) is 14.0. The molecular formula is C17H24N2O2S. The monoisotopic (exact) mass is 320 g/mol. The van der Waals surface area contributed by atoms with Gasteiger partial charge in [0.2, 0.25) is 0 Å². The molecular weight excluding hydrogens is 296 g/mol. The van der Waals surface area contributed by atoms with E-state index in [1.54, 1.807) is 11.3 Å². The maximum Gasteiger partial charge on any atom is 0.253 e. The number of aryl methyl sites for hydroxylation is 1. The van der Waals surface area contributed by atoms with Crippen molar-refractivity contribution in [2.75, 3.05) is 6.61 Å². The van der Waals surface area contributed by atoms with Crippen molar-refractivity contribution < 1.29 is 9.53 Å². The predicted octanol–water partition coefficient (Wildman–Crippen LogP) is 3.98. The molecule has 0 spiro atoms. The molecule has 1 heterocycles. The van der Waals surface area contributed by atoms with Gasteiger partial charge in [-0.1, -0.05) is 45.1 Å². The maximum absolute atomic E-state index is 12.3. The summed E-state index contributed by atoms with van der Waals surface area (Å²) in [5, 5.41) is 0. The number of ether oxygens (including phenoxy) is 1. The first-order valence-corrected chi connectivity index (χ1v) is 8.54. The largest absolute Gasteiger partial charge is 0.492 e. The van der Waals surface area contributed by atoms with Gasteiger partial charge in [0.05, 0.1) is 11.3 Å². The fraction of sp³-hybridized carbons (Fsp3) is 0.529. The van der Waals surface area contributed by atoms with Crippen LogP contribution in [0.4, 0.5) is 0 Å². The molecule has 1 amide bonds. The second-order valence-electron chi connectivity index (χ2n) is 6.24. The standard InChI is InChI=1S/C17H24N2O2S/c1-6-11-19-14-12(21-7-2)9-8-10-13(14)22-16(19)18-15(20)17(3,4)5/h8-10H,6-7,11H2,1-5H3. The van der Waals surface area contributed by atoms with Gasteiger partial charge in [0.15, 0.2) is 4.80 Å². The van der Waals surface area contributed by atoms with Crippen LogP contribution in [0.3, 0.4) is 0 Å². The SMILES string of the molecule is CCCn1c(=NC(=O)C(C)(C)C)sc2cccc(OCC)c21. The number of amides is 1. The molecule has 0 atom stereocenters. The number of benzene rings is 1. The van der Waals surface area contributed by atoms with E-state index in [1.165, 1.54) is 0 Å². The first-order chi connectivity index (χ1) is 10.4. The van der Waals surface area contributed by atoms with Crippen molar-refractivity contribution in [1.29, 1.82) is 0 Å². The fourth-order valence-electron chi connectivity index (χ4n) is 2.14. The Morgan fingerprint density at radius 1 is 1.32 bits per heavy atom. The molecule has 2 rings (SSSR count). The van der Waals surface area contributed by atoms with E-state index in [2.05, 4.69) is 22.5 Å². The van der Waals surface area contributed by atoms with Crippen LogP contribution < -0.4 is 9.54 Å². The molecule has 0 N–H and O–H groups in total. The van der Waals surface area contributed by atoms with Crippen molar-refractivity contribution in [1.82, 2.24) is 4.57 Å². The second-order valence-corrected chi connectivity index (χ2v) is 7.25. The van der Waals surface area contributed by atoms with Crippen molar-refractivity contribution in [2.45, 2.75) is 47.6 Å². The highest BCUT2D eigenvalue weighted by molar-refractivity contribution is 7.16. The van der Waals surface area contributed by atoms with Crippen LogP contribution in [0.25, 0.3) is 10.2 Å². The molecule has 0 radical (unpaired) electrons. The molecule has 0 aliphatic rings. The van der Waals surface area contributed by atoms with Gasteiger partial charge in [-0.05, 0) is 25.5 Å². The lowest BCUT2D eigenvalue weighted by molar-refractivity contribution is -0.125. The Hall–Kier alpha value is -1.62. The Bertz CT molecular complexity index is 735. The Morgan fingerprint density at radius 3 is 2.64 bits per heavy atom. The minimum atomic E-state index is -0.469. The first-order valence-electron chi connectivity index (χ1n) is 7.72. The third-order valence-corrected chi connectivity index (χ3v) is 4.29. The molecule has 5 heteroatoms. The van der Waals surface area contributed by atoms with Gasteiger partial charge in [0.25, 0.3) is 5.91 Å². The van der Waals surface area contributed by atoms with Gasteiger partial charge in [-0.2, -0.15) is 4.99 Å². The van der Waals surface area contributed by atoms with Crippen LogP contribution in [0.2, 0.25) is 0 Å². The summed E-state index contributed by atoms with van der Waals surface area (Å²) in [5.41, 5.74) is 0.569. The third-order valence-electron chi connectivity index (χ3n) is 3.25. The zero-order chi connectivity index (χ0) is 16.3. The lowest BCUT2D eigenvalue weighted by Gasteiger charge is -2.12. The van der Waals surface area contributed by atoms with E-state index < -0.39 is 5.41 Å². The molecule has 4 nitrogen and oxygen atoms in total. The van der Waals surface area contributed by atoms with Gasteiger partial charge >= 0.3 is 0 Å². The number of nitrogens with zero attached hydrogens (tertiary/aromatic N) is 2. The van der Waals surface area contributed by atoms with Gasteiger partial charge in [-0.3, -0.25) is 4.79 Å². The number of para-hydroxylation sites is 1. The summed E-state index contributed by atoms with van der Waals surface area (Å²) < 4.78 is 8.95. The molecule has 22 heavy (non-hydrogen) atoms. The highest BCUT2D eigenvalue weighted by atomic mass is 32.1. The summed E-state index contributed by atoms with van der Waals surface area (Å²) in [7, 11) is 0. The lowest BCUT2D eigenvalue weighted by atomic mass is 9.96. The van der Waals surface area contributed by atoms with Gasteiger partial charge in [0, 0.05) is 12.0 Å². The van der Waals surface area contributed by atoms with Crippen molar-refractivity contribution >= 4 is 27.5 Å². The van der Waals surface area contributed by atoms with E-state index in [4.69, 9.17) is 4.74 Å². The minimum absolute atomic E-state index is 0.0955. The number of hydrogen-bond acceptors (Lipinski definition) is 3. The average Bonchev–Trinajstić information content (AvgIpc) is 2.77. The Labute approximate surface area is 135 Å². The summed E-state index contributed by atoms with van der Waals surface area (Å²) in [6.07, 6.45) is 0.975. The van der Waals surface area contributed by atoms with Gasteiger partial charge in [0.1, 0.15) is 11.3 Å². The molecule has 0 unspecified atom stereocenters. The van der Waals surface area contributed by atoms with Crippen LogP contribution in [-0.4, -0.2) is 17.1 Å².